The lowest BCUT2D eigenvalue weighted by molar-refractivity contribution is 0.102. The monoisotopic (exact) mass is 331 g/mol. The molecule has 0 unspecified atom stereocenters. The average Bonchev–Trinajstić information content (AvgIpc) is 3.04. The summed E-state index contributed by atoms with van der Waals surface area (Å²) in [5.74, 6) is -0.169. The summed E-state index contributed by atoms with van der Waals surface area (Å²) in [7, 11) is 0. The number of rotatable bonds is 3. The second-order valence-electron chi connectivity index (χ2n) is 5.25. The topological polar surface area (TPSA) is 54.9 Å². The molecule has 0 saturated carbocycles. The zero-order valence-corrected chi connectivity index (χ0v) is 13.5. The van der Waals surface area contributed by atoms with Gasteiger partial charge in [-0.15, -0.1) is 0 Å². The molecular formula is C19H13N3OS. The number of carbonyl (C=O) groups excluding carboxylic acids is 1. The average molecular weight is 331 g/mol. The van der Waals surface area contributed by atoms with Crippen LogP contribution in [-0.4, -0.2) is 15.9 Å². The van der Waals surface area contributed by atoms with Crippen LogP contribution in [0.15, 0.2) is 72.9 Å². The maximum atomic E-state index is 12.2. The molecule has 0 aliphatic carbocycles. The minimum Gasteiger partial charge on any atom is -0.298 e. The molecule has 0 saturated heterocycles. The summed E-state index contributed by atoms with van der Waals surface area (Å²) < 4.78 is 0. The van der Waals surface area contributed by atoms with Crippen LogP contribution in [0, 0.1) is 0 Å². The second kappa shape index (κ2) is 6.22. The second-order valence-corrected chi connectivity index (χ2v) is 6.23. The van der Waals surface area contributed by atoms with Gasteiger partial charge in [0.25, 0.3) is 5.91 Å². The highest BCUT2D eigenvalue weighted by atomic mass is 32.1. The predicted octanol–water partition coefficient (Wildman–Crippen LogP) is 4.61. The maximum Gasteiger partial charge on any atom is 0.257 e. The van der Waals surface area contributed by atoms with Crippen molar-refractivity contribution >= 4 is 32.7 Å². The van der Waals surface area contributed by atoms with Crippen LogP contribution in [0.2, 0.25) is 0 Å². The number of anilines is 1. The lowest BCUT2D eigenvalue weighted by Crippen LogP contribution is -2.11. The molecule has 1 amide bonds. The van der Waals surface area contributed by atoms with Crippen LogP contribution in [0.5, 0.6) is 0 Å². The number of aromatic nitrogens is 2. The van der Waals surface area contributed by atoms with Crippen molar-refractivity contribution in [1.29, 1.82) is 0 Å². The summed E-state index contributed by atoms with van der Waals surface area (Å²) in [4.78, 5) is 22.0. The van der Waals surface area contributed by atoms with Gasteiger partial charge in [0.05, 0.1) is 0 Å². The summed E-state index contributed by atoms with van der Waals surface area (Å²) in [5.41, 5.74) is 3.49. The zero-order valence-electron chi connectivity index (χ0n) is 12.6. The molecule has 4 aromatic rings. The fourth-order valence-electron chi connectivity index (χ4n) is 2.42. The van der Waals surface area contributed by atoms with E-state index in [1.54, 1.807) is 12.1 Å². The molecule has 5 heteroatoms. The van der Waals surface area contributed by atoms with Crippen LogP contribution < -0.4 is 5.32 Å². The number of amides is 1. The molecule has 0 fully saturated rings. The Morgan fingerprint density at radius 2 is 1.62 bits per heavy atom. The fraction of sp³-hybridized carbons (Fsp3) is 0. The van der Waals surface area contributed by atoms with Gasteiger partial charge in [-0.2, -0.15) is 0 Å². The third-order valence-corrected chi connectivity index (χ3v) is 4.51. The Bertz CT molecular complexity index is 997. The van der Waals surface area contributed by atoms with Crippen LogP contribution in [0.1, 0.15) is 10.4 Å². The summed E-state index contributed by atoms with van der Waals surface area (Å²) in [6.07, 6.45) is 1.83. The SMILES string of the molecule is O=C(Nc1nc2cc(-c3ccccc3)cnc2s1)c1ccccc1. The molecule has 2 aromatic carbocycles. The molecule has 0 bridgehead atoms. The van der Waals surface area contributed by atoms with Gasteiger partial charge in [0.2, 0.25) is 0 Å². The first-order valence-corrected chi connectivity index (χ1v) is 8.30. The molecule has 24 heavy (non-hydrogen) atoms. The van der Waals surface area contributed by atoms with E-state index < -0.39 is 0 Å². The van der Waals surface area contributed by atoms with E-state index in [-0.39, 0.29) is 5.91 Å². The van der Waals surface area contributed by atoms with Gasteiger partial charge in [-0.25, -0.2) is 9.97 Å². The largest absolute Gasteiger partial charge is 0.298 e. The molecule has 1 N–H and O–H groups in total. The number of nitrogens with one attached hydrogen (secondary N) is 1. The Kier molecular flexibility index (Phi) is 3.76. The maximum absolute atomic E-state index is 12.2. The number of pyridine rings is 1. The van der Waals surface area contributed by atoms with Gasteiger partial charge in [-0.3, -0.25) is 10.1 Å². The first-order valence-electron chi connectivity index (χ1n) is 7.48. The molecular weight excluding hydrogens is 318 g/mol. The first-order chi connectivity index (χ1) is 11.8. The Hall–Kier alpha value is -3.05. The van der Waals surface area contributed by atoms with Gasteiger partial charge in [-0.1, -0.05) is 59.9 Å². The van der Waals surface area contributed by atoms with Gasteiger partial charge in [0, 0.05) is 17.3 Å². The van der Waals surface area contributed by atoms with E-state index >= 15 is 0 Å². The van der Waals surface area contributed by atoms with E-state index in [1.807, 2.05) is 60.8 Å². The molecule has 2 aromatic heterocycles. The van der Waals surface area contributed by atoms with Gasteiger partial charge in [0.1, 0.15) is 10.3 Å². The summed E-state index contributed by atoms with van der Waals surface area (Å²) in [6.45, 7) is 0. The Balaban J connectivity index is 1.63. The van der Waals surface area contributed by atoms with Crippen molar-refractivity contribution in [3.63, 3.8) is 0 Å². The van der Waals surface area contributed by atoms with Crippen molar-refractivity contribution in [1.82, 2.24) is 9.97 Å². The third kappa shape index (κ3) is 2.89. The fourth-order valence-corrected chi connectivity index (χ4v) is 3.21. The molecule has 0 atom stereocenters. The lowest BCUT2D eigenvalue weighted by atomic mass is 10.1. The highest BCUT2D eigenvalue weighted by Gasteiger charge is 2.11. The normalized spacial score (nSPS) is 10.7. The van der Waals surface area contributed by atoms with Gasteiger partial charge in [0.15, 0.2) is 5.13 Å². The van der Waals surface area contributed by atoms with Crippen molar-refractivity contribution in [2.75, 3.05) is 5.32 Å². The van der Waals surface area contributed by atoms with E-state index in [2.05, 4.69) is 15.3 Å². The standard InChI is InChI=1S/C19H13N3OS/c23-17(14-9-5-2-6-10-14)22-19-21-16-11-15(12-20-18(16)24-19)13-7-3-1-4-8-13/h1-12H,(H,21,22,23). The number of carbonyl (C=O) groups is 1. The van der Waals surface area contributed by atoms with Gasteiger partial charge in [-0.05, 0) is 23.8 Å². The van der Waals surface area contributed by atoms with Crippen molar-refractivity contribution in [2.45, 2.75) is 0 Å². The minimum absolute atomic E-state index is 0.169. The third-order valence-electron chi connectivity index (χ3n) is 3.61. The first kappa shape index (κ1) is 14.5. The number of fused-ring (bicyclic) bond motifs is 1. The summed E-state index contributed by atoms with van der Waals surface area (Å²) >= 11 is 1.37. The minimum atomic E-state index is -0.169. The highest BCUT2D eigenvalue weighted by Crippen LogP contribution is 2.28. The van der Waals surface area contributed by atoms with Crippen LogP contribution in [-0.2, 0) is 0 Å². The van der Waals surface area contributed by atoms with Crippen molar-refractivity contribution in [3.8, 4) is 11.1 Å². The van der Waals surface area contributed by atoms with E-state index in [9.17, 15) is 4.79 Å². The smallest absolute Gasteiger partial charge is 0.257 e. The van der Waals surface area contributed by atoms with Gasteiger partial charge >= 0.3 is 0 Å². The molecule has 0 radical (unpaired) electrons. The summed E-state index contributed by atoms with van der Waals surface area (Å²) in [6, 6.07) is 21.1. The Morgan fingerprint density at radius 1 is 0.917 bits per heavy atom. The molecule has 0 spiro atoms. The van der Waals surface area contributed by atoms with E-state index in [0.717, 1.165) is 21.5 Å². The Morgan fingerprint density at radius 3 is 2.38 bits per heavy atom. The van der Waals surface area contributed by atoms with Gasteiger partial charge < -0.3 is 0 Å². The van der Waals surface area contributed by atoms with E-state index in [1.165, 1.54) is 11.3 Å². The molecule has 4 rings (SSSR count). The van der Waals surface area contributed by atoms with Crippen LogP contribution >= 0.6 is 11.3 Å². The van der Waals surface area contributed by atoms with Crippen LogP contribution in [0.25, 0.3) is 21.5 Å². The lowest BCUT2D eigenvalue weighted by Gasteiger charge is -2.00. The molecule has 116 valence electrons. The number of benzene rings is 2. The zero-order chi connectivity index (χ0) is 16.4. The van der Waals surface area contributed by atoms with Crippen molar-refractivity contribution in [2.24, 2.45) is 0 Å². The molecule has 4 nitrogen and oxygen atoms in total. The predicted molar refractivity (Wildman–Crippen MR) is 97.2 cm³/mol. The van der Waals surface area contributed by atoms with Crippen molar-refractivity contribution < 1.29 is 4.79 Å². The highest BCUT2D eigenvalue weighted by molar-refractivity contribution is 7.22. The molecule has 0 aliphatic rings. The molecule has 2 heterocycles. The van der Waals surface area contributed by atoms with Crippen molar-refractivity contribution in [3.05, 3.63) is 78.5 Å². The summed E-state index contributed by atoms with van der Waals surface area (Å²) in [5, 5.41) is 3.39. The Labute approximate surface area is 142 Å². The van der Waals surface area contributed by atoms with E-state index in [0.29, 0.717) is 10.7 Å². The van der Waals surface area contributed by atoms with E-state index in [4.69, 9.17) is 0 Å². The van der Waals surface area contributed by atoms with Crippen LogP contribution in [0.3, 0.4) is 0 Å². The number of hydrogen-bond donors (Lipinski definition) is 1. The number of hydrogen-bond acceptors (Lipinski definition) is 4. The number of nitrogens with zero attached hydrogens (tertiary/aromatic N) is 2. The molecule has 0 aliphatic heterocycles. The quantitative estimate of drug-likeness (QED) is 0.596. The number of thiazole rings is 1. The van der Waals surface area contributed by atoms with Crippen LogP contribution in [0.4, 0.5) is 5.13 Å².